The Kier molecular flexibility index (Phi) is 5.69. The SMILES string of the molecule is Cc1cc(C(=O)N(C)Cc2nc(-c3ccccc3)no2)ccc1N(C)S(C)(=O)=O. The summed E-state index contributed by atoms with van der Waals surface area (Å²) in [5, 5.41) is 3.95. The molecule has 0 radical (unpaired) electrons. The van der Waals surface area contributed by atoms with Crippen LogP contribution in [-0.4, -0.2) is 49.7 Å². The molecular weight excluding hydrogens is 392 g/mol. The Bertz CT molecular complexity index is 1130. The van der Waals surface area contributed by atoms with Crippen LogP contribution in [0.25, 0.3) is 11.4 Å². The van der Waals surface area contributed by atoms with E-state index in [1.165, 1.54) is 16.3 Å². The van der Waals surface area contributed by atoms with Crippen molar-refractivity contribution < 1.29 is 17.7 Å². The zero-order chi connectivity index (χ0) is 21.2. The number of carbonyl (C=O) groups excluding carboxylic acids is 1. The number of hydrogen-bond acceptors (Lipinski definition) is 6. The third-order valence-corrected chi connectivity index (χ3v) is 5.69. The van der Waals surface area contributed by atoms with Gasteiger partial charge in [-0.2, -0.15) is 4.98 Å². The lowest BCUT2D eigenvalue weighted by molar-refractivity contribution is 0.0769. The van der Waals surface area contributed by atoms with E-state index < -0.39 is 10.0 Å². The maximum Gasteiger partial charge on any atom is 0.254 e. The Hall–Kier alpha value is -3.20. The highest BCUT2D eigenvalue weighted by Crippen LogP contribution is 2.23. The zero-order valence-electron chi connectivity index (χ0n) is 16.7. The van der Waals surface area contributed by atoms with Gasteiger partial charge in [0.2, 0.25) is 21.7 Å². The molecule has 0 aliphatic rings. The summed E-state index contributed by atoms with van der Waals surface area (Å²) in [6, 6.07) is 14.3. The molecule has 0 spiro atoms. The molecule has 0 atom stereocenters. The van der Waals surface area contributed by atoms with Gasteiger partial charge >= 0.3 is 0 Å². The average molecular weight is 414 g/mol. The van der Waals surface area contributed by atoms with Gasteiger partial charge < -0.3 is 9.42 Å². The third-order valence-electron chi connectivity index (χ3n) is 4.50. The summed E-state index contributed by atoms with van der Waals surface area (Å²) >= 11 is 0. The van der Waals surface area contributed by atoms with Gasteiger partial charge in [-0.05, 0) is 30.7 Å². The number of aromatic nitrogens is 2. The first-order chi connectivity index (χ1) is 13.7. The number of rotatable bonds is 6. The highest BCUT2D eigenvalue weighted by Gasteiger charge is 2.19. The molecule has 8 nitrogen and oxygen atoms in total. The Morgan fingerprint density at radius 3 is 2.41 bits per heavy atom. The fourth-order valence-corrected chi connectivity index (χ4v) is 3.40. The van der Waals surface area contributed by atoms with Gasteiger partial charge in [-0.25, -0.2) is 8.42 Å². The van der Waals surface area contributed by atoms with Gasteiger partial charge in [0.25, 0.3) is 5.91 Å². The van der Waals surface area contributed by atoms with Crippen LogP contribution in [0.2, 0.25) is 0 Å². The minimum atomic E-state index is -3.38. The number of sulfonamides is 1. The van der Waals surface area contributed by atoms with Crippen molar-refractivity contribution in [1.29, 1.82) is 0 Å². The van der Waals surface area contributed by atoms with E-state index in [0.717, 1.165) is 11.8 Å². The molecule has 0 saturated carbocycles. The number of nitrogens with zero attached hydrogens (tertiary/aromatic N) is 4. The number of aryl methyl sites for hydroxylation is 1. The van der Waals surface area contributed by atoms with Crippen molar-refractivity contribution in [3.63, 3.8) is 0 Å². The lowest BCUT2D eigenvalue weighted by atomic mass is 10.1. The van der Waals surface area contributed by atoms with E-state index in [2.05, 4.69) is 10.1 Å². The Balaban J connectivity index is 1.74. The Labute approximate surface area is 169 Å². The molecular formula is C20H22N4O4S. The number of benzene rings is 2. The van der Waals surface area contributed by atoms with Crippen molar-refractivity contribution in [2.75, 3.05) is 24.7 Å². The van der Waals surface area contributed by atoms with E-state index in [1.54, 1.807) is 32.2 Å². The van der Waals surface area contributed by atoms with E-state index in [-0.39, 0.29) is 12.5 Å². The zero-order valence-corrected chi connectivity index (χ0v) is 17.5. The van der Waals surface area contributed by atoms with Crippen molar-refractivity contribution in [3.8, 4) is 11.4 Å². The van der Waals surface area contributed by atoms with Crippen LogP contribution in [0.4, 0.5) is 5.69 Å². The van der Waals surface area contributed by atoms with Gasteiger partial charge in [-0.15, -0.1) is 0 Å². The van der Waals surface area contributed by atoms with Crippen molar-refractivity contribution >= 4 is 21.6 Å². The number of anilines is 1. The van der Waals surface area contributed by atoms with Gasteiger partial charge in [-0.1, -0.05) is 35.5 Å². The van der Waals surface area contributed by atoms with Gasteiger partial charge in [0.05, 0.1) is 18.5 Å². The van der Waals surface area contributed by atoms with Crippen LogP contribution < -0.4 is 4.31 Å². The second-order valence-electron chi connectivity index (χ2n) is 6.77. The molecule has 29 heavy (non-hydrogen) atoms. The van der Waals surface area contributed by atoms with Crippen molar-refractivity contribution in [3.05, 3.63) is 65.5 Å². The molecule has 1 amide bonds. The Morgan fingerprint density at radius 2 is 1.79 bits per heavy atom. The van der Waals surface area contributed by atoms with E-state index in [0.29, 0.717) is 28.5 Å². The quantitative estimate of drug-likeness (QED) is 0.615. The highest BCUT2D eigenvalue weighted by molar-refractivity contribution is 7.92. The molecule has 2 aromatic carbocycles. The summed E-state index contributed by atoms with van der Waals surface area (Å²) < 4.78 is 29.9. The first-order valence-electron chi connectivity index (χ1n) is 8.85. The monoisotopic (exact) mass is 414 g/mol. The third kappa shape index (κ3) is 4.62. The summed E-state index contributed by atoms with van der Waals surface area (Å²) in [6.07, 6.45) is 1.13. The number of carbonyl (C=O) groups is 1. The van der Waals surface area contributed by atoms with Crippen LogP contribution in [0.15, 0.2) is 53.1 Å². The second kappa shape index (κ2) is 8.04. The summed E-state index contributed by atoms with van der Waals surface area (Å²) in [5.74, 6) is 0.552. The van der Waals surface area contributed by atoms with E-state index in [1.807, 2.05) is 30.3 Å². The van der Waals surface area contributed by atoms with Crippen molar-refractivity contribution in [2.45, 2.75) is 13.5 Å². The first kappa shape index (κ1) is 20.5. The lowest BCUT2D eigenvalue weighted by Crippen LogP contribution is -2.27. The van der Waals surface area contributed by atoms with Crippen LogP contribution >= 0.6 is 0 Å². The molecule has 0 aliphatic heterocycles. The maximum atomic E-state index is 12.8. The normalized spacial score (nSPS) is 11.3. The fourth-order valence-electron chi connectivity index (χ4n) is 2.84. The molecule has 3 aromatic rings. The molecule has 0 N–H and O–H groups in total. The van der Waals surface area contributed by atoms with Crippen LogP contribution in [0.3, 0.4) is 0 Å². The van der Waals surface area contributed by atoms with Gasteiger partial charge in [-0.3, -0.25) is 9.10 Å². The van der Waals surface area contributed by atoms with Crippen molar-refractivity contribution in [1.82, 2.24) is 15.0 Å². The molecule has 0 bridgehead atoms. The molecule has 152 valence electrons. The van der Waals surface area contributed by atoms with Gasteiger partial charge in [0.15, 0.2) is 0 Å². The van der Waals surface area contributed by atoms with Crippen LogP contribution in [0.1, 0.15) is 21.8 Å². The smallest absolute Gasteiger partial charge is 0.254 e. The molecule has 3 rings (SSSR count). The van der Waals surface area contributed by atoms with E-state index >= 15 is 0 Å². The van der Waals surface area contributed by atoms with Crippen LogP contribution in [-0.2, 0) is 16.6 Å². The highest BCUT2D eigenvalue weighted by atomic mass is 32.2. The van der Waals surface area contributed by atoms with Gasteiger partial charge in [0.1, 0.15) is 0 Å². The molecule has 1 heterocycles. The summed E-state index contributed by atoms with van der Waals surface area (Å²) in [7, 11) is -0.262. The average Bonchev–Trinajstić information content (AvgIpc) is 3.15. The van der Waals surface area contributed by atoms with Crippen LogP contribution in [0.5, 0.6) is 0 Å². The molecule has 0 saturated heterocycles. The summed E-state index contributed by atoms with van der Waals surface area (Å²) in [5.41, 5.74) is 2.48. The van der Waals surface area contributed by atoms with Crippen molar-refractivity contribution in [2.24, 2.45) is 0 Å². The molecule has 9 heteroatoms. The van der Waals surface area contributed by atoms with Gasteiger partial charge in [0, 0.05) is 25.2 Å². The summed E-state index contributed by atoms with van der Waals surface area (Å²) in [4.78, 5) is 18.6. The summed E-state index contributed by atoms with van der Waals surface area (Å²) in [6.45, 7) is 1.92. The van der Waals surface area contributed by atoms with Crippen LogP contribution in [0, 0.1) is 6.92 Å². The first-order valence-corrected chi connectivity index (χ1v) is 10.7. The Morgan fingerprint density at radius 1 is 1.10 bits per heavy atom. The predicted octanol–water partition coefficient (Wildman–Crippen LogP) is 2.71. The fraction of sp³-hybridized carbons (Fsp3) is 0.250. The standard InChI is InChI=1S/C20H22N4O4S/c1-14-12-16(10-11-17(14)24(3)29(4,26)27)20(25)23(2)13-18-21-19(22-28-18)15-8-6-5-7-9-15/h5-12H,13H2,1-4H3. The largest absolute Gasteiger partial charge is 0.337 e. The molecule has 0 aliphatic carbocycles. The second-order valence-corrected chi connectivity index (χ2v) is 8.78. The number of hydrogen-bond donors (Lipinski definition) is 0. The predicted molar refractivity (Wildman–Crippen MR) is 110 cm³/mol. The number of amides is 1. The minimum absolute atomic E-state index is 0.155. The minimum Gasteiger partial charge on any atom is -0.337 e. The molecule has 1 aromatic heterocycles. The maximum absolute atomic E-state index is 12.8. The molecule has 0 unspecified atom stereocenters. The topological polar surface area (TPSA) is 96.6 Å². The van der Waals surface area contributed by atoms with E-state index in [9.17, 15) is 13.2 Å². The van der Waals surface area contributed by atoms with E-state index in [4.69, 9.17) is 4.52 Å². The lowest BCUT2D eigenvalue weighted by Gasteiger charge is -2.20. The molecule has 0 fully saturated rings.